The predicted octanol–water partition coefficient (Wildman–Crippen LogP) is 0.176. The van der Waals surface area contributed by atoms with Gasteiger partial charge in [0, 0.05) is 13.1 Å². The second-order valence-corrected chi connectivity index (χ2v) is 4.31. The highest BCUT2D eigenvalue weighted by molar-refractivity contribution is 5.37. The Morgan fingerprint density at radius 2 is 2.31 bits per heavy atom. The van der Waals surface area contributed by atoms with E-state index in [0.29, 0.717) is 18.2 Å². The molecule has 1 saturated heterocycles. The standard InChI is InChI=1S/C11H17N3O2/c1-8-2-3-14(6-10(8)16)11-5-12-4-9(7-15)13-11/h4-5,8,10,15-16H,2-3,6-7H2,1H3. The summed E-state index contributed by atoms with van der Waals surface area (Å²) in [5.41, 5.74) is 0.561. The SMILES string of the molecule is CC1CCN(c2cncc(CO)n2)CC1O. The molecule has 5 nitrogen and oxygen atoms in total. The smallest absolute Gasteiger partial charge is 0.147 e. The van der Waals surface area contributed by atoms with Gasteiger partial charge in [-0.05, 0) is 12.3 Å². The molecule has 2 rings (SSSR count). The monoisotopic (exact) mass is 223 g/mol. The number of hydrogen-bond acceptors (Lipinski definition) is 5. The minimum absolute atomic E-state index is 0.104. The van der Waals surface area contributed by atoms with E-state index < -0.39 is 0 Å². The van der Waals surface area contributed by atoms with E-state index in [2.05, 4.69) is 16.9 Å². The lowest BCUT2D eigenvalue weighted by atomic mass is 9.96. The Balaban J connectivity index is 2.12. The number of aromatic nitrogens is 2. The molecule has 1 aromatic rings. The van der Waals surface area contributed by atoms with E-state index in [0.717, 1.165) is 18.8 Å². The number of aliphatic hydroxyl groups is 2. The maximum Gasteiger partial charge on any atom is 0.147 e. The molecule has 2 unspecified atom stereocenters. The number of piperidine rings is 1. The number of nitrogens with zero attached hydrogens (tertiary/aromatic N) is 3. The Hall–Kier alpha value is -1.20. The average Bonchev–Trinajstić information content (AvgIpc) is 2.33. The molecule has 5 heteroatoms. The van der Waals surface area contributed by atoms with Crippen LogP contribution in [0.5, 0.6) is 0 Å². The van der Waals surface area contributed by atoms with E-state index in [9.17, 15) is 5.11 Å². The molecule has 0 amide bonds. The maximum absolute atomic E-state index is 9.80. The van der Waals surface area contributed by atoms with Crippen molar-refractivity contribution in [3.05, 3.63) is 18.1 Å². The van der Waals surface area contributed by atoms with Crippen molar-refractivity contribution in [3.8, 4) is 0 Å². The van der Waals surface area contributed by atoms with Crippen LogP contribution < -0.4 is 4.90 Å². The summed E-state index contributed by atoms with van der Waals surface area (Å²) in [4.78, 5) is 10.3. The Bertz CT molecular complexity index is 359. The van der Waals surface area contributed by atoms with Crippen molar-refractivity contribution in [2.75, 3.05) is 18.0 Å². The van der Waals surface area contributed by atoms with Gasteiger partial charge in [0.05, 0.1) is 30.8 Å². The third-order valence-electron chi connectivity index (χ3n) is 3.08. The van der Waals surface area contributed by atoms with Gasteiger partial charge in [-0.25, -0.2) is 4.98 Å². The lowest BCUT2D eigenvalue weighted by Crippen LogP contribution is -2.43. The molecule has 1 aliphatic heterocycles. The summed E-state index contributed by atoms with van der Waals surface area (Å²) in [7, 11) is 0. The molecule has 0 spiro atoms. The molecule has 1 aromatic heterocycles. The summed E-state index contributed by atoms with van der Waals surface area (Å²) in [6.45, 7) is 3.41. The van der Waals surface area contributed by atoms with Crippen LogP contribution in [0.2, 0.25) is 0 Å². The fourth-order valence-corrected chi connectivity index (χ4v) is 1.88. The number of rotatable bonds is 2. The fraction of sp³-hybridized carbons (Fsp3) is 0.636. The van der Waals surface area contributed by atoms with Gasteiger partial charge in [0.15, 0.2) is 0 Å². The third-order valence-corrected chi connectivity index (χ3v) is 3.08. The third kappa shape index (κ3) is 2.31. The van der Waals surface area contributed by atoms with Crippen LogP contribution in [-0.2, 0) is 6.61 Å². The van der Waals surface area contributed by atoms with Crippen molar-refractivity contribution in [2.24, 2.45) is 5.92 Å². The molecule has 1 fully saturated rings. The van der Waals surface area contributed by atoms with Gasteiger partial charge in [-0.3, -0.25) is 4.98 Å². The van der Waals surface area contributed by atoms with Gasteiger partial charge in [0.1, 0.15) is 5.82 Å². The van der Waals surface area contributed by atoms with Crippen LogP contribution in [0.4, 0.5) is 5.82 Å². The number of β-amino-alcohol motifs (C(OH)–C–C–N with tert-alkyl or cyclic N) is 1. The minimum atomic E-state index is -0.312. The first-order valence-electron chi connectivity index (χ1n) is 5.55. The summed E-state index contributed by atoms with van der Waals surface area (Å²) < 4.78 is 0. The molecule has 1 aliphatic rings. The van der Waals surface area contributed by atoms with E-state index in [1.54, 1.807) is 12.4 Å². The van der Waals surface area contributed by atoms with E-state index in [-0.39, 0.29) is 12.7 Å². The van der Waals surface area contributed by atoms with Crippen LogP contribution >= 0.6 is 0 Å². The summed E-state index contributed by atoms with van der Waals surface area (Å²) in [6, 6.07) is 0. The van der Waals surface area contributed by atoms with E-state index in [1.165, 1.54) is 0 Å². The van der Waals surface area contributed by atoms with E-state index in [1.807, 2.05) is 4.90 Å². The van der Waals surface area contributed by atoms with Crippen LogP contribution in [0.3, 0.4) is 0 Å². The van der Waals surface area contributed by atoms with Crippen LogP contribution in [-0.4, -0.2) is 39.4 Å². The molecule has 0 aromatic carbocycles. The molecule has 0 saturated carbocycles. The normalized spacial score (nSPS) is 25.8. The molecule has 16 heavy (non-hydrogen) atoms. The zero-order chi connectivity index (χ0) is 11.5. The van der Waals surface area contributed by atoms with Crippen LogP contribution in [0, 0.1) is 5.92 Å². The van der Waals surface area contributed by atoms with E-state index >= 15 is 0 Å². The number of anilines is 1. The molecular formula is C11H17N3O2. The average molecular weight is 223 g/mol. The second-order valence-electron chi connectivity index (χ2n) is 4.31. The molecule has 0 aliphatic carbocycles. The minimum Gasteiger partial charge on any atom is -0.391 e. The molecule has 0 radical (unpaired) electrons. The van der Waals surface area contributed by atoms with Gasteiger partial charge in [0.2, 0.25) is 0 Å². The first kappa shape index (κ1) is 11.3. The lowest BCUT2D eigenvalue weighted by Gasteiger charge is -2.34. The highest BCUT2D eigenvalue weighted by Crippen LogP contribution is 2.21. The molecule has 2 heterocycles. The largest absolute Gasteiger partial charge is 0.391 e. The highest BCUT2D eigenvalue weighted by atomic mass is 16.3. The van der Waals surface area contributed by atoms with Crippen LogP contribution in [0.15, 0.2) is 12.4 Å². The van der Waals surface area contributed by atoms with Crippen LogP contribution in [0.1, 0.15) is 19.0 Å². The van der Waals surface area contributed by atoms with Crippen molar-refractivity contribution < 1.29 is 10.2 Å². The van der Waals surface area contributed by atoms with Crippen molar-refractivity contribution >= 4 is 5.82 Å². The van der Waals surface area contributed by atoms with Gasteiger partial charge in [-0.15, -0.1) is 0 Å². The summed E-state index contributed by atoms with van der Waals surface area (Å²) in [5, 5.41) is 18.8. The fourth-order valence-electron chi connectivity index (χ4n) is 1.88. The summed E-state index contributed by atoms with van der Waals surface area (Å²) in [6.07, 6.45) is 3.86. The summed E-state index contributed by atoms with van der Waals surface area (Å²) >= 11 is 0. The molecule has 0 bridgehead atoms. The summed E-state index contributed by atoms with van der Waals surface area (Å²) in [5.74, 6) is 1.07. The van der Waals surface area contributed by atoms with Crippen molar-refractivity contribution in [1.82, 2.24) is 9.97 Å². The molecule has 2 N–H and O–H groups in total. The second kappa shape index (κ2) is 4.76. The topological polar surface area (TPSA) is 69.5 Å². The first-order chi connectivity index (χ1) is 7.70. The van der Waals surface area contributed by atoms with Gasteiger partial charge < -0.3 is 15.1 Å². The highest BCUT2D eigenvalue weighted by Gasteiger charge is 2.25. The zero-order valence-corrected chi connectivity index (χ0v) is 9.37. The quantitative estimate of drug-likeness (QED) is 0.748. The number of hydrogen-bond donors (Lipinski definition) is 2. The number of aliphatic hydroxyl groups excluding tert-OH is 2. The van der Waals surface area contributed by atoms with Gasteiger partial charge in [-0.1, -0.05) is 6.92 Å². The Morgan fingerprint density at radius 3 is 3.00 bits per heavy atom. The van der Waals surface area contributed by atoms with Gasteiger partial charge >= 0.3 is 0 Å². The first-order valence-corrected chi connectivity index (χ1v) is 5.55. The molecule has 88 valence electrons. The van der Waals surface area contributed by atoms with Crippen LogP contribution in [0.25, 0.3) is 0 Å². The van der Waals surface area contributed by atoms with Crippen molar-refractivity contribution in [2.45, 2.75) is 26.1 Å². The Labute approximate surface area is 94.8 Å². The van der Waals surface area contributed by atoms with Gasteiger partial charge in [0.25, 0.3) is 0 Å². The van der Waals surface area contributed by atoms with Crippen molar-refractivity contribution in [3.63, 3.8) is 0 Å². The lowest BCUT2D eigenvalue weighted by molar-refractivity contribution is 0.102. The molecule has 2 atom stereocenters. The Morgan fingerprint density at radius 1 is 1.50 bits per heavy atom. The zero-order valence-electron chi connectivity index (χ0n) is 9.37. The molecular weight excluding hydrogens is 206 g/mol. The van der Waals surface area contributed by atoms with Crippen molar-refractivity contribution in [1.29, 1.82) is 0 Å². The van der Waals surface area contributed by atoms with Gasteiger partial charge in [-0.2, -0.15) is 0 Å². The van der Waals surface area contributed by atoms with E-state index in [4.69, 9.17) is 5.11 Å². The Kier molecular flexibility index (Phi) is 3.36. The predicted molar refractivity (Wildman–Crippen MR) is 60.0 cm³/mol. The maximum atomic E-state index is 9.80.